The maximum Gasteiger partial charge on any atom is 0.338 e. The molecule has 0 amide bonds. The molecule has 0 unspecified atom stereocenters. The van der Waals surface area contributed by atoms with Gasteiger partial charge in [0, 0.05) is 49.5 Å². The monoisotopic (exact) mass is 445 g/mol. The second-order valence-electron chi connectivity index (χ2n) is 8.12. The van der Waals surface area contributed by atoms with Crippen molar-refractivity contribution in [1.29, 1.82) is 5.26 Å². The van der Waals surface area contributed by atoms with E-state index in [2.05, 4.69) is 32.2 Å². The van der Waals surface area contributed by atoms with Gasteiger partial charge >= 0.3 is 5.97 Å². The van der Waals surface area contributed by atoms with Crippen LogP contribution < -0.4 is 10.1 Å². The highest BCUT2D eigenvalue weighted by molar-refractivity contribution is 5.94. The van der Waals surface area contributed by atoms with Crippen molar-refractivity contribution in [2.45, 2.75) is 26.1 Å². The van der Waals surface area contributed by atoms with Crippen LogP contribution in [0.15, 0.2) is 30.7 Å². The topological polar surface area (TPSA) is 118 Å². The largest absolute Gasteiger partial charge is 0.480 e. The van der Waals surface area contributed by atoms with Crippen molar-refractivity contribution in [2.24, 2.45) is 0 Å². The zero-order chi connectivity index (χ0) is 22.9. The highest BCUT2D eigenvalue weighted by Gasteiger charge is 2.28. The van der Waals surface area contributed by atoms with Crippen LogP contribution in [0.3, 0.4) is 0 Å². The van der Waals surface area contributed by atoms with Gasteiger partial charge in [0.2, 0.25) is 5.88 Å². The lowest BCUT2D eigenvalue weighted by Gasteiger charge is -2.34. The Balaban J connectivity index is 1.30. The van der Waals surface area contributed by atoms with E-state index in [9.17, 15) is 4.79 Å². The Labute approximate surface area is 190 Å². The lowest BCUT2D eigenvalue weighted by molar-refractivity contribution is 0.0535. The first-order valence-corrected chi connectivity index (χ1v) is 10.7. The fourth-order valence-corrected chi connectivity index (χ4v) is 4.42. The van der Waals surface area contributed by atoms with E-state index in [1.807, 2.05) is 24.4 Å². The molecule has 168 valence electrons. The van der Waals surface area contributed by atoms with Gasteiger partial charge in [-0.15, -0.1) is 0 Å². The molecule has 2 aliphatic heterocycles. The molecule has 10 nitrogen and oxygen atoms in total. The van der Waals surface area contributed by atoms with E-state index < -0.39 is 0 Å². The molecule has 0 bridgehead atoms. The molecule has 5 rings (SSSR count). The molecule has 2 aromatic heterocycles. The van der Waals surface area contributed by atoms with Gasteiger partial charge in [0.1, 0.15) is 18.2 Å². The highest BCUT2D eigenvalue weighted by Crippen LogP contribution is 2.30. The van der Waals surface area contributed by atoms with Gasteiger partial charge in [-0.1, -0.05) is 6.07 Å². The Morgan fingerprint density at radius 3 is 3.06 bits per heavy atom. The third kappa shape index (κ3) is 3.92. The van der Waals surface area contributed by atoms with Crippen LogP contribution in [0.25, 0.3) is 5.95 Å². The first-order chi connectivity index (χ1) is 16.1. The number of cyclic esters (lactones) is 1. The maximum absolute atomic E-state index is 11.8. The normalized spacial score (nSPS) is 18.0. The van der Waals surface area contributed by atoms with E-state index in [-0.39, 0.29) is 23.5 Å². The number of piperazine rings is 1. The summed E-state index contributed by atoms with van der Waals surface area (Å²) in [6.07, 6.45) is 5.12. The summed E-state index contributed by atoms with van der Waals surface area (Å²) in [6, 6.07) is 6.09. The number of nitrogens with one attached hydrogen (secondary N) is 1. The summed E-state index contributed by atoms with van der Waals surface area (Å²) in [7, 11) is 1.47. The molecular formula is C23H23N7O3. The number of rotatable bonds is 5. The summed E-state index contributed by atoms with van der Waals surface area (Å²) in [4.78, 5) is 22.7. The number of ether oxygens (including phenoxy) is 2. The molecule has 3 aromatic rings. The van der Waals surface area contributed by atoms with Crippen molar-refractivity contribution < 1.29 is 14.3 Å². The summed E-state index contributed by atoms with van der Waals surface area (Å²) in [5.41, 5.74) is 5.31. The minimum atomic E-state index is -0.237. The number of nitrogens with zero attached hydrogens (tertiary/aromatic N) is 6. The fraction of sp³-hybridized carbons (Fsp3) is 0.348. The van der Waals surface area contributed by atoms with Crippen LogP contribution in [0.1, 0.15) is 44.2 Å². The van der Waals surface area contributed by atoms with E-state index in [0.29, 0.717) is 18.1 Å². The summed E-state index contributed by atoms with van der Waals surface area (Å²) in [5.74, 6) is 0.334. The molecule has 33 heavy (non-hydrogen) atoms. The standard InChI is InChI=1S/C23H23N7O3/c1-14-17(3-4-18-19(14)13-33-22(18)31)20-12-29(6-5-25-20)10-15-8-27-30(11-15)23-26-9-16(7-24)21(28-23)32-2/h3-4,8-9,11,20,25H,5-6,10,12-13H2,1-2H3/t20-/m0/s1. The smallest absolute Gasteiger partial charge is 0.338 e. The number of benzene rings is 1. The van der Waals surface area contributed by atoms with E-state index in [4.69, 9.17) is 14.7 Å². The van der Waals surface area contributed by atoms with Gasteiger partial charge < -0.3 is 14.8 Å². The SMILES string of the molecule is COc1nc(-n2cc(CN3CCN[C@H](c4ccc5c(c4C)COC5=O)C3)cn2)ncc1C#N. The Bertz CT molecular complexity index is 1260. The van der Waals surface area contributed by atoms with Gasteiger partial charge in [-0.05, 0) is 24.1 Å². The second-order valence-corrected chi connectivity index (χ2v) is 8.12. The van der Waals surface area contributed by atoms with Crippen LogP contribution in [0.2, 0.25) is 0 Å². The third-order valence-electron chi connectivity index (χ3n) is 6.14. The van der Waals surface area contributed by atoms with Gasteiger partial charge in [0.15, 0.2) is 0 Å². The van der Waals surface area contributed by atoms with Crippen molar-refractivity contribution in [3.8, 4) is 17.9 Å². The number of aromatic nitrogens is 4. The number of fused-ring (bicyclic) bond motifs is 1. The summed E-state index contributed by atoms with van der Waals surface area (Å²) < 4.78 is 12.0. The Morgan fingerprint density at radius 1 is 1.36 bits per heavy atom. The molecule has 1 N–H and O–H groups in total. The van der Waals surface area contributed by atoms with Crippen LogP contribution in [-0.4, -0.2) is 57.4 Å². The van der Waals surface area contributed by atoms with Crippen LogP contribution in [0.4, 0.5) is 0 Å². The van der Waals surface area contributed by atoms with Crippen LogP contribution in [0.5, 0.6) is 5.88 Å². The molecule has 1 saturated heterocycles. The zero-order valence-corrected chi connectivity index (χ0v) is 18.4. The predicted molar refractivity (Wildman–Crippen MR) is 117 cm³/mol. The lowest BCUT2D eigenvalue weighted by Crippen LogP contribution is -2.45. The molecule has 2 aliphatic rings. The number of hydrogen-bond acceptors (Lipinski definition) is 9. The second kappa shape index (κ2) is 8.61. The minimum absolute atomic E-state index is 0.168. The third-order valence-corrected chi connectivity index (χ3v) is 6.14. The molecular weight excluding hydrogens is 422 g/mol. The quantitative estimate of drug-likeness (QED) is 0.585. The number of hydrogen-bond donors (Lipinski definition) is 1. The van der Waals surface area contributed by atoms with Crippen molar-refractivity contribution in [2.75, 3.05) is 26.7 Å². The number of nitriles is 1. The number of methoxy groups -OCH3 is 1. The minimum Gasteiger partial charge on any atom is -0.480 e. The van der Waals surface area contributed by atoms with Gasteiger partial charge in [-0.2, -0.15) is 15.3 Å². The summed E-state index contributed by atoms with van der Waals surface area (Å²) in [6.45, 7) is 5.76. The summed E-state index contributed by atoms with van der Waals surface area (Å²) >= 11 is 0. The highest BCUT2D eigenvalue weighted by atomic mass is 16.5. The zero-order valence-electron chi connectivity index (χ0n) is 18.4. The van der Waals surface area contributed by atoms with Gasteiger partial charge in [0.25, 0.3) is 5.95 Å². The van der Waals surface area contributed by atoms with Gasteiger partial charge in [-0.3, -0.25) is 4.90 Å². The Kier molecular flexibility index (Phi) is 5.50. The van der Waals surface area contributed by atoms with Crippen molar-refractivity contribution in [3.05, 3.63) is 64.1 Å². The first-order valence-electron chi connectivity index (χ1n) is 10.7. The molecule has 4 heterocycles. The lowest BCUT2D eigenvalue weighted by atomic mass is 9.93. The maximum atomic E-state index is 11.8. The molecule has 0 saturated carbocycles. The van der Waals surface area contributed by atoms with Crippen LogP contribution in [-0.2, 0) is 17.9 Å². The Hall–Kier alpha value is -3.81. The molecule has 1 fully saturated rings. The van der Waals surface area contributed by atoms with E-state index in [1.165, 1.54) is 18.9 Å². The number of esters is 1. The van der Waals surface area contributed by atoms with Crippen molar-refractivity contribution in [3.63, 3.8) is 0 Å². The van der Waals surface area contributed by atoms with Gasteiger partial charge in [-0.25, -0.2) is 14.5 Å². The van der Waals surface area contributed by atoms with E-state index in [0.717, 1.165) is 42.9 Å². The van der Waals surface area contributed by atoms with Crippen LogP contribution >= 0.6 is 0 Å². The fourth-order valence-electron chi connectivity index (χ4n) is 4.42. The van der Waals surface area contributed by atoms with Crippen LogP contribution in [0, 0.1) is 18.3 Å². The van der Waals surface area contributed by atoms with Crippen molar-refractivity contribution in [1.82, 2.24) is 30.0 Å². The average Bonchev–Trinajstić information content (AvgIpc) is 3.46. The van der Waals surface area contributed by atoms with Crippen molar-refractivity contribution >= 4 is 5.97 Å². The molecule has 0 radical (unpaired) electrons. The molecule has 1 aromatic carbocycles. The van der Waals surface area contributed by atoms with E-state index >= 15 is 0 Å². The molecule has 10 heteroatoms. The first kappa shape index (κ1) is 21.1. The number of carbonyl (C=O) groups is 1. The van der Waals surface area contributed by atoms with E-state index in [1.54, 1.807) is 10.9 Å². The van der Waals surface area contributed by atoms with Gasteiger partial charge in [0.05, 0.1) is 25.1 Å². The molecule has 0 spiro atoms. The summed E-state index contributed by atoms with van der Waals surface area (Å²) in [5, 5.41) is 17.1. The predicted octanol–water partition coefficient (Wildman–Crippen LogP) is 1.67. The molecule has 0 aliphatic carbocycles. The Morgan fingerprint density at radius 2 is 2.24 bits per heavy atom. The average molecular weight is 445 g/mol. The number of carbonyl (C=O) groups excluding carboxylic acids is 1. The molecule has 1 atom stereocenters.